The molecule has 3 heterocycles. The number of nitrogens with zero attached hydrogens (tertiary/aromatic N) is 3. The van der Waals surface area contributed by atoms with Crippen LogP contribution in [0.3, 0.4) is 0 Å². The lowest BCUT2D eigenvalue weighted by Crippen LogP contribution is -2.23. The van der Waals surface area contributed by atoms with E-state index in [0.717, 1.165) is 12.8 Å². The van der Waals surface area contributed by atoms with Gasteiger partial charge in [0.2, 0.25) is 0 Å². The van der Waals surface area contributed by atoms with Crippen molar-refractivity contribution >= 4 is 11.5 Å². The van der Waals surface area contributed by atoms with Crippen LogP contribution in [0.2, 0.25) is 0 Å². The van der Waals surface area contributed by atoms with Gasteiger partial charge in [-0.05, 0) is 37.0 Å². The molecule has 4 rings (SSSR count). The Labute approximate surface area is 173 Å². The minimum atomic E-state index is -4.93. The smallest absolute Gasteiger partial charge is 0.381 e. The Bertz CT molecular complexity index is 1040. The third kappa shape index (κ3) is 4.76. The molecule has 1 N–H and O–H groups in total. The molecule has 0 amide bonds. The molecule has 0 spiro atoms. The highest BCUT2D eigenvalue weighted by Gasteiger charge is 2.37. The molecule has 1 aliphatic heterocycles. The minimum absolute atomic E-state index is 0.0309. The summed E-state index contributed by atoms with van der Waals surface area (Å²) in [6.07, 6.45) is -3.78. The number of aromatic nitrogens is 3. The lowest BCUT2D eigenvalue weighted by atomic mass is 10.0. The highest BCUT2D eigenvalue weighted by Crippen LogP contribution is 2.38. The SMILES string of the molecule is FC(F)(F)c1cc(-c2cn3ccnc3c(NCC3CCOCC3)n2)cc(C(F)(F)F)c1. The van der Waals surface area contributed by atoms with E-state index in [0.29, 0.717) is 49.3 Å². The summed E-state index contributed by atoms with van der Waals surface area (Å²) < 4.78 is 86.2. The standard InChI is InChI=1S/C20H18F6N4O/c21-19(22,23)14-7-13(8-15(9-14)20(24,25)26)16-11-30-4-3-27-18(30)17(29-16)28-10-12-1-5-31-6-2-12/h3-4,7-9,11-12H,1-2,5-6,10H2,(H,28,29). The van der Waals surface area contributed by atoms with E-state index < -0.39 is 23.5 Å². The molecule has 1 aromatic carbocycles. The van der Waals surface area contributed by atoms with Crippen LogP contribution in [-0.2, 0) is 17.1 Å². The molecule has 1 saturated heterocycles. The van der Waals surface area contributed by atoms with Crippen LogP contribution < -0.4 is 5.32 Å². The largest absolute Gasteiger partial charge is 0.416 e. The first-order valence-electron chi connectivity index (χ1n) is 9.56. The van der Waals surface area contributed by atoms with Crippen molar-refractivity contribution in [3.05, 3.63) is 47.9 Å². The molecule has 0 radical (unpaired) electrons. The lowest BCUT2D eigenvalue weighted by Gasteiger charge is -2.22. The van der Waals surface area contributed by atoms with E-state index in [1.807, 2.05) is 0 Å². The van der Waals surface area contributed by atoms with Crippen molar-refractivity contribution in [3.8, 4) is 11.3 Å². The fourth-order valence-corrected chi connectivity index (χ4v) is 3.48. The number of halogens is 6. The first-order chi connectivity index (χ1) is 14.6. The van der Waals surface area contributed by atoms with E-state index in [1.165, 1.54) is 16.8 Å². The molecule has 166 valence electrons. The van der Waals surface area contributed by atoms with Gasteiger partial charge in [-0.3, -0.25) is 0 Å². The van der Waals surface area contributed by atoms with Gasteiger partial charge in [-0.25, -0.2) is 9.97 Å². The van der Waals surface area contributed by atoms with Gasteiger partial charge in [-0.1, -0.05) is 0 Å². The second-order valence-corrected chi connectivity index (χ2v) is 7.36. The Morgan fingerprint density at radius 3 is 2.26 bits per heavy atom. The van der Waals surface area contributed by atoms with Crippen molar-refractivity contribution < 1.29 is 31.1 Å². The van der Waals surface area contributed by atoms with Crippen LogP contribution in [0.15, 0.2) is 36.8 Å². The van der Waals surface area contributed by atoms with E-state index in [9.17, 15) is 26.3 Å². The number of benzene rings is 1. The number of hydrogen-bond donors (Lipinski definition) is 1. The van der Waals surface area contributed by atoms with Crippen LogP contribution in [0.25, 0.3) is 16.9 Å². The maximum absolute atomic E-state index is 13.2. The van der Waals surface area contributed by atoms with Gasteiger partial charge in [-0.15, -0.1) is 0 Å². The van der Waals surface area contributed by atoms with Crippen molar-refractivity contribution in [3.63, 3.8) is 0 Å². The fourth-order valence-electron chi connectivity index (χ4n) is 3.48. The second kappa shape index (κ2) is 8.03. The maximum Gasteiger partial charge on any atom is 0.416 e. The summed E-state index contributed by atoms with van der Waals surface area (Å²) in [5.41, 5.74) is -2.66. The number of fused-ring (bicyclic) bond motifs is 1. The summed E-state index contributed by atoms with van der Waals surface area (Å²) in [5, 5.41) is 3.15. The number of alkyl halides is 6. The number of imidazole rings is 1. The topological polar surface area (TPSA) is 51.5 Å². The van der Waals surface area contributed by atoms with Crippen molar-refractivity contribution in [2.24, 2.45) is 5.92 Å². The zero-order chi connectivity index (χ0) is 22.2. The average Bonchev–Trinajstić information content (AvgIpc) is 3.20. The van der Waals surface area contributed by atoms with Gasteiger partial charge in [0.1, 0.15) is 0 Å². The molecule has 3 aromatic rings. The van der Waals surface area contributed by atoms with E-state index >= 15 is 0 Å². The second-order valence-electron chi connectivity index (χ2n) is 7.36. The maximum atomic E-state index is 13.2. The first kappa shape index (κ1) is 21.4. The molecule has 1 aliphatic rings. The number of rotatable bonds is 4. The van der Waals surface area contributed by atoms with Crippen LogP contribution in [-0.4, -0.2) is 34.1 Å². The van der Waals surface area contributed by atoms with Crippen molar-refractivity contribution in [1.29, 1.82) is 0 Å². The normalized spacial score (nSPS) is 16.1. The zero-order valence-electron chi connectivity index (χ0n) is 16.1. The van der Waals surface area contributed by atoms with Crippen molar-refractivity contribution in [2.75, 3.05) is 25.1 Å². The summed E-state index contributed by atoms with van der Waals surface area (Å²) in [6.45, 7) is 1.82. The van der Waals surface area contributed by atoms with Crippen LogP contribution in [0.5, 0.6) is 0 Å². The fraction of sp³-hybridized carbons (Fsp3) is 0.400. The lowest BCUT2D eigenvalue weighted by molar-refractivity contribution is -0.143. The predicted octanol–water partition coefficient (Wildman–Crippen LogP) is 5.27. The van der Waals surface area contributed by atoms with Crippen LogP contribution in [0.1, 0.15) is 24.0 Å². The summed E-state index contributed by atoms with van der Waals surface area (Å²) in [7, 11) is 0. The van der Waals surface area contributed by atoms with Gasteiger partial charge in [-0.2, -0.15) is 26.3 Å². The van der Waals surface area contributed by atoms with E-state index in [-0.39, 0.29) is 17.3 Å². The quantitative estimate of drug-likeness (QED) is 0.557. The zero-order valence-corrected chi connectivity index (χ0v) is 16.1. The summed E-state index contributed by atoms with van der Waals surface area (Å²) in [5.74, 6) is 0.611. The Balaban J connectivity index is 1.75. The van der Waals surface area contributed by atoms with Crippen LogP contribution in [0, 0.1) is 5.92 Å². The van der Waals surface area contributed by atoms with Gasteiger partial charge >= 0.3 is 12.4 Å². The number of ether oxygens (including phenoxy) is 1. The minimum Gasteiger partial charge on any atom is -0.381 e. The van der Waals surface area contributed by atoms with E-state index in [2.05, 4.69) is 15.3 Å². The molecule has 0 saturated carbocycles. The van der Waals surface area contributed by atoms with E-state index in [4.69, 9.17) is 4.74 Å². The highest BCUT2D eigenvalue weighted by molar-refractivity contribution is 5.70. The predicted molar refractivity (Wildman–Crippen MR) is 100 cm³/mol. The molecule has 0 unspecified atom stereocenters. The van der Waals surface area contributed by atoms with Crippen LogP contribution in [0.4, 0.5) is 32.2 Å². The Hall–Kier alpha value is -2.82. The Morgan fingerprint density at radius 1 is 1.00 bits per heavy atom. The molecular weight excluding hydrogens is 426 g/mol. The van der Waals surface area contributed by atoms with Crippen molar-refractivity contribution in [1.82, 2.24) is 14.4 Å². The molecular formula is C20H18F6N4O. The molecule has 0 aliphatic carbocycles. The van der Waals surface area contributed by atoms with Gasteiger partial charge in [0, 0.05) is 43.9 Å². The Morgan fingerprint density at radius 2 is 1.65 bits per heavy atom. The van der Waals surface area contributed by atoms with Crippen molar-refractivity contribution in [2.45, 2.75) is 25.2 Å². The first-order valence-corrected chi connectivity index (χ1v) is 9.56. The molecule has 11 heteroatoms. The molecule has 1 fully saturated rings. The number of hydrogen-bond acceptors (Lipinski definition) is 4. The third-order valence-corrected chi connectivity index (χ3v) is 5.16. The Kier molecular flexibility index (Phi) is 5.54. The highest BCUT2D eigenvalue weighted by atomic mass is 19.4. The van der Waals surface area contributed by atoms with E-state index in [1.54, 1.807) is 6.20 Å². The summed E-state index contributed by atoms with van der Waals surface area (Å²) in [6, 6.07) is 1.44. The molecule has 2 aromatic heterocycles. The monoisotopic (exact) mass is 444 g/mol. The third-order valence-electron chi connectivity index (χ3n) is 5.16. The van der Waals surface area contributed by atoms with Gasteiger partial charge in [0.15, 0.2) is 11.5 Å². The van der Waals surface area contributed by atoms with Gasteiger partial charge < -0.3 is 14.5 Å². The molecule has 0 atom stereocenters. The molecule has 0 bridgehead atoms. The van der Waals surface area contributed by atoms with Gasteiger partial charge in [0.05, 0.1) is 16.8 Å². The number of nitrogens with one attached hydrogen (secondary N) is 1. The molecule has 31 heavy (non-hydrogen) atoms. The molecule has 5 nitrogen and oxygen atoms in total. The summed E-state index contributed by atoms with van der Waals surface area (Å²) >= 11 is 0. The average molecular weight is 444 g/mol. The summed E-state index contributed by atoms with van der Waals surface area (Å²) in [4.78, 5) is 8.50. The number of anilines is 1. The van der Waals surface area contributed by atoms with Crippen LogP contribution >= 0.6 is 0 Å². The van der Waals surface area contributed by atoms with Gasteiger partial charge in [0.25, 0.3) is 0 Å².